The lowest BCUT2D eigenvalue weighted by Gasteiger charge is -2.34. The number of carbonyl (C=O) groups excluding carboxylic acids is 1. The largest absolute Gasteiger partial charge is 0.385 e. The van der Waals surface area contributed by atoms with Gasteiger partial charge >= 0.3 is 0 Å². The van der Waals surface area contributed by atoms with E-state index in [0.717, 1.165) is 18.5 Å². The van der Waals surface area contributed by atoms with Gasteiger partial charge in [-0.3, -0.25) is 9.48 Å². The normalized spacial score (nSPS) is 19.4. The SMILES string of the molecule is CC(C)c1cc(C(=O)N2CCCC(C(O)c3nccn3C)C2)n(C)n1. The van der Waals surface area contributed by atoms with E-state index in [9.17, 15) is 9.90 Å². The monoisotopic (exact) mass is 345 g/mol. The van der Waals surface area contributed by atoms with Gasteiger partial charge in [0.15, 0.2) is 0 Å². The van der Waals surface area contributed by atoms with Crippen molar-refractivity contribution in [2.45, 2.75) is 38.7 Å². The van der Waals surface area contributed by atoms with Gasteiger partial charge < -0.3 is 14.6 Å². The van der Waals surface area contributed by atoms with Gasteiger partial charge in [-0.15, -0.1) is 0 Å². The van der Waals surface area contributed by atoms with Crippen LogP contribution in [0.1, 0.15) is 60.7 Å². The van der Waals surface area contributed by atoms with Crippen LogP contribution in [0.2, 0.25) is 0 Å². The first-order valence-corrected chi connectivity index (χ1v) is 8.87. The third kappa shape index (κ3) is 3.46. The summed E-state index contributed by atoms with van der Waals surface area (Å²) in [5.41, 5.74) is 1.53. The molecule has 1 saturated heterocycles. The number of aromatic nitrogens is 4. The summed E-state index contributed by atoms with van der Waals surface area (Å²) < 4.78 is 3.50. The molecule has 1 aliphatic heterocycles. The van der Waals surface area contributed by atoms with E-state index in [1.165, 1.54) is 0 Å². The smallest absolute Gasteiger partial charge is 0.272 e. The maximum atomic E-state index is 12.9. The lowest BCUT2D eigenvalue weighted by Crippen LogP contribution is -2.42. The second-order valence-corrected chi connectivity index (χ2v) is 7.23. The fraction of sp³-hybridized carbons (Fsp3) is 0.611. The second kappa shape index (κ2) is 7.00. The predicted molar refractivity (Wildman–Crippen MR) is 94.1 cm³/mol. The third-order valence-corrected chi connectivity index (χ3v) is 5.02. The van der Waals surface area contributed by atoms with Crippen LogP contribution in [0.4, 0.5) is 0 Å². The van der Waals surface area contributed by atoms with Gasteiger partial charge in [-0.2, -0.15) is 5.10 Å². The number of carbonyl (C=O) groups is 1. The average Bonchev–Trinajstić information content (AvgIpc) is 3.19. The highest BCUT2D eigenvalue weighted by atomic mass is 16.3. The van der Waals surface area contributed by atoms with Crippen molar-refractivity contribution >= 4 is 5.91 Å². The first kappa shape index (κ1) is 17.7. The Morgan fingerprint density at radius 2 is 2.12 bits per heavy atom. The molecule has 7 heteroatoms. The molecule has 1 aliphatic rings. The lowest BCUT2D eigenvalue weighted by molar-refractivity contribution is 0.0352. The van der Waals surface area contributed by atoms with Gasteiger partial charge in [-0.05, 0) is 24.8 Å². The van der Waals surface area contributed by atoms with Gasteiger partial charge in [-0.25, -0.2) is 4.98 Å². The third-order valence-electron chi connectivity index (χ3n) is 5.02. The molecule has 0 aliphatic carbocycles. The zero-order chi connectivity index (χ0) is 18.1. The molecule has 1 fully saturated rings. The van der Waals surface area contributed by atoms with E-state index in [0.29, 0.717) is 24.6 Å². The fourth-order valence-corrected chi connectivity index (χ4v) is 3.46. The number of aliphatic hydroxyl groups excluding tert-OH is 1. The van der Waals surface area contributed by atoms with Crippen molar-refractivity contribution in [1.82, 2.24) is 24.2 Å². The summed E-state index contributed by atoms with van der Waals surface area (Å²) in [6, 6.07) is 1.88. The maximum absolute atomic E-state index is 12.9. The van der Waals surface area contributed by atoms with Crippen molar-refractivity contribution in [3.63, 3.8) is 0 Å². The number of amides is 1. The Labute approximate surface area is 148 Å². The number of likely N-dealkylation sites (tertiary alicyclic amines) is 1. The van der Waals surface area contributed by atoms with Gasteiger partial charge in [-0.1, -0.05) is 13.8 Å². The zero-order valence-electron chi connectivity index (χ0n) is 15.4. The summed E-state index contributed by atoms with van der Waals surface area (Å²) in [5, 5.41) is 15.1. The quantitative estimate of drug-likeness (QED) is 0.918. The minimum atomic E-state index is -0.659. The number of aliphatic hydroxyl groups is 1. The summed E-state index contributed by atoms with van der Waals surface area (Å²) in [7, 11) is 3.68. The van der Waals surface area contributed by atoms with Gasteiger partial charge in [0.25, 0.3) is 5.91 Å². The van der Waals surface area contributed by atoms with Crippen molar-refractivity contribution in [2.75, 3.05) is 13.1 Å². The Morgan fingerprint density at radius 1 is 1.36 bits per heavy atom. The second-order valence-electron chi connectivity index (χ2n) is 7.23. The molecule has 3 rings (SSSR count). The minimum Gasteiger partial charge on any atom is -0.385 e. The first-order valence-electron chi connectivity index (χ1n) is 8.87. The Balaban J connectivity index is 1.75. The molecule has 0 radical (unpaired) electrons. The van der Waals surface area contributed by atoms with Crippen molar-refractivity contribution in [3.05, 3.63) is 35.7 Å². The van der Waals surface area contributed by atoms with Crippen molar-refractivity contribution in [3.8, 4) is 0 Å². The molecule has 0 aromatic carbocycles. The summed E-state index contributed by atoms with van der Waals surface area (Å²) in [5.74, 6) is 0.921. The molecule has 1 amide bonds. The average molecular weight is 345 g/mol. The summed E-state index contributed by atoms with van der Waals surface area (Å²) in [6.07, 6.45) is 4.63. The molecular formula is C18H27N5O2. The van der Waals surface area contributed by atoms with Crippen molar-refractivity contribution in [2.24, 2.45) is 20.0 Å². The van der Waals surface area contributed by atoms with Crippen LogP contribution in [0, 0.1) is 5.92 Å². The highest BCUT2D eigenvalue weighted by molar-refractivity contribution is 5.92. The molecular weight excluding hydrogens is 318 g/mol. The number of hydrogen-bond acceptors (Lipinski definition) is 4. The topological polar surface area (TPSA) is 76.2 Å². The zero-order valence-corrected chi connectivity index (χ0v) is 15.4. The van der Waals surface area contributed by atoms with Crippen LogP contribution in [0.3, 0.4) is 0 Å². The molecule has 0 bridgehead atoms. The molecule has 2 atom stereocenters. The van der Waals surface area contributed by atoms with Crippen LogP contribution in [-0.2, 0) is 14.1 Å². The van der Waals surface area contributed by atoms with E-state index in [2.05, 4.69) is 23.9 Å². The maximum Gasteiger partial charge on any atom is 0.272 e. The van der Waals surface area contributed by atoms with Crippen LogP contribution in [0.5, 0.6) is 0 Å². The lowest BCUT2D eigenvalue weighted by atomic mass is 9.91. The predicted octanol–water partition coefficient (Wildman–Crippen LogP) is 1.86. The van der Waals surface area contributed by atoms with Crippen LogP contribution in [0.25, 0.3) is 0 Å². The molecule has 7 nitrogen and oxygen atoms in total. The van der Waals surface area contributed by atoms with Gasteiger partial charge in [0.2, 0.25) is 0 Å². The van der Waals surface area contributed by atoms with Crippen LogP contribution in [0.15, 0.2) is 18.5 Å². The van der Waals surface area contributed by atoms with Gasteiger partial charge in [0.05, 0.1) is 5.69 Å². The fourth-order valence-electron chi connectivity index (χ4n) is 3.46. The number of aryl methyl sites for hydroxylation is 2. The summed E-state index contributed by atoms with van der Waals surface area (Å²) >= 11 is 0. The summed E-state index contributed by atoms with van der Waals surface area (Å²) in [6.45, 7) is 5.38. The first-order chi connectivity index (χ1) is 11.9. The number of hydrogen-bond donors (Lipinski definition) is 1. The molecule has 0 saturated carbocycles. The van der Waals surface area contributed by atoms with Crippen LogP contribution < -0.4 is 0 Å². The van der Waals surface area contributed by atoms with Crippen LogP contribution in [-0.4, -0.2) is 48.3 Å². The number of piperidine rings is 1. The van der Waals surface area contributed by atoms with Crippen LogP contribution >= 0.6 is 0 Å². The van der Waals surface area contributed by atoms with E-state index in [-0.39, 0.29) is 17.7 Å². The van der Waals surface area contributed by atoms with E-state index in [1.807, 2.05) is 35.8 Å². The molecule has 25 heavy (non-hydrogen) atoms. The molecule has 3 heterocycles. The molecule has 2 unspecified atom stereocenters. The van der Waals surface area contributed by atoms with E-state index < -0.39 is 6.10 Å². The number of nitrogens with zero attached hydrogens (tertiary/aromatic N) is 5. The van der Waals surface area contributed by atoms with Gasteiger partial charge in [0.1, 0.15) is 17.6 Å². The Kier molecular flexibility index (Phi) is 4.94. The Bertz CT molecular complexity index is 748. The van der Waals surface area contributed by atoms with Gasteiger partial charge in [0, 0.05) is 45.5 Å². The molecule has 0 spiro atoms. The molecule has 2 aromatic heterocycles. The molecule has 2 aromatic rings. The van der Waals surface area contributed by atoms with Crippen molar-refractivity contribution in [1.29, 1.82) is 0 Å². The number of imidazole rings is 1. The highest BCUT2D eigenvalue weighted by Crippen LogP contribution is 2.29. The number of rotatable bonds is 4. The van der Waals surface area contributed by atoms with E-state index >= 15 is 0 Å². The Morgan fingerprint density at radius 3 is 2.72 bits per heavy atom. The molecule has 136 valence electrons. The Hall–Kier alpha value is -2.15. The molecule has 1 N–H and O–H groups in total. The summed E-state index contributed by atoms with van der Waals surface area (Å²) in [4.78, 5) is 19.0. The minimum absolute atomic E-state index is 0.00315. The van der Waals surface area contributed by atoms with E-state index in [1.54, 1.807) is 10.9 Å². The van der Waals surface area contributed by atoms with Crippen molar-refractivity contribution < 1.29 is 9.90 Å². The standard InChI is InChI=1S/C18H27N5O2/c1-12(2)14-10-15(22(4)20-14)18(25)23-8-5-6-13(11-23)16(24)17-19-7-9-21(17)3/h7,9-10,12-13,16,24H,5-6,8,11H2,1-4H3. The van der Waals surface area contributed by atoms with E-state index in [4.69, 9.17) is 0 Å². The highest BCUT2D eigenvalue weighted by Gasteiger charge is 2.32.